The van der Waals surface area contributed by atoms with E-state index >= 15 is 0 Å². The first kappa shape index (κ1) is 12.5. The van der Waals surface area contributed by atoms with Gasteiger partial charge in [-0.1, -0.05) is 18.2 Å². The van der Waals surface area contributed by atoms with Gasteiger partial charge < -0.3 is 5.43 Å². The SMILES string of the molecule is NNC(CC1CCSCC1)=Nc1ccccc1. The quantitative estimate of drug-likeness (QED) is 0.375. The number of nitrogens with zero attached hydrogens (tertiary/aromatic N) is 1. The maximum atomic E-state index is 5.55. The second-order valence-electron chi connectivity index (χ2n) is 4.30. The molecule has 3 N–H and O–H groups in total. The Morgan fingerprint density at radius 3 is 2.65 bits per heavy atom. The molecular weight excluding hydrogens is 230 g/mol. The van der Waals surface area contributed by atoms with Gasteiger partial charge in [0.1, 0.15) is 5.84 Å². The monoisotopic (exact) mass is 249 g/mol. The van der Waals surface area contributed by atoms with Gasteiger partial charge in [0.05, 0.1) is 5.69 Å². The van der Waals surface area contributed by atoms with E-state index in [0.717, 1.165) is 23.9 Å². The summed E-state index contributed by atoms with van der Waals surface area (Å²) in [6.07, 6.45) is 3.52. The Morgan fingerprint density at radius 1 is 1.29 bits per heavy atom. The van der Waals surface area contributed by atoms with Gasteiger partial charge in [-0.3, -0.25) is 0 Å². The molecule has 0 radical (unpaired) electrons. The fourth-order valence-electron chi connectivity index (χ4n) is 2.02. The van der Waals surface area contributed by atoms with Gasteiger partial charge in [-0.25, -0.2) is 10.8 Å². The van der Waals surface area contributed by atoms with Crippen LogP contribution in [0, 0.1) is 5.92 Å². The van der Waals surface area contributed by atoms with Crippen molar-refractivity contribution in [3.05, 3.63) is 30.3 Å². The van der Waals surface area contributed by atoms with Crippen molar-refractivity contribution in [3.8, 4) is 0 Å². The molecular formula is C13H19N3S. The van der Waals surface area contributed by atoms with Gasteiger partial charge in [-0.2, -0.15) is 11.8 Å². The lowest BCUT2D eigenvalue weighted by Crippen LogP contribution is -2.32. The summed E-state index contributed by atoms with van der Waals surface area (Å²) < 4.78 is 0. The maximum absolute atomic E-state index is 5.55. The summed E-state index contributed by atoms with van der Waals surface area (Å²) in [4.78, 5) is 4.54. The third-order valence-corrected chi connectivity index (χ3v) is 4.06. The van der Waals surface area contributed by atoms with Crippen molar-refractivity contribution in [2.75, 3.05) is 11.5 Å². The first-order chi connectivity index (χ1) is 8.38. The van der Waals surface area contributed by atoms with Crippen LogP contribution >= 0.6 is 11.8 Å². The van der Waals surface area contributed by atoms with Crippen LogP contribution in [0.15, 0.2) is 35.3 Å². The van der Waals surface area contributed by atoms with E-state index in [9.17, 15) is 0 Å². The number of benzene rings is 1. The smallest absolute Gasteiger partial charge is 0.116 e. The number of hydrogen-bond acceptors (Lipinski definition) is 3. The molecule has 1 aromatic carbocycles. The van der Waals surface area contributed by atoms with Crippen LogP contribution in [0.3, 0.4) is 0 Å². The molecule has 0 atom stereocenters. The van der Waals surface area contributed by atoms with Crippen LogP contribution in [0.1, 0.15) is 19.3 Å². The van der Waals surface area contributed by atoms with Crippen molar-refractivity contribution in [1.29, 1.82) is 0 Å². The van der Waals surface area contributed by atoms with Crippen LogP contribution < -0.4 is 11.3 Å². The Morgan fingerprint density at radius 2 is 2.00 bits per heavy atom. The van der Waals surface area contributed by atoms with E-state index in [-0.39, 0.29) is 0 Å². The summed E-state index contributed by atoms with van der Waals surface area (Å²) in [5, 5.41) is 0. The number of amidine groups is 1. The average molecular weight is 249 g/mol. The lowest BCUT2D eigenvalue weighted by atomic mass is 9.98. The van der Waals surface area contributed by atoms with Crippen molar-refractivity contribution >= 4 is 23.3 Å². The standard InChI is InChI=1S/C13H19N3S/c14-16-13(10-11-6-8-17-9-7-11)15-12-4-2-1-3-5-12/h1-5,11H,6-10,14H2,(H,15,16). The van der Waals surface area contributed by atoms with Gasteiger partial charge in [0, 0.05) is 6.42 Å². The van der Waals surface area contributed by atoms with Crippen molar-refractivity contribution in [3.63, 3.8) is 0 Å². The number of aliphatic imine (C=N–C) groups is 1. The average Bonchev–Trinajstić information content (AvgIpc) is 2.40. The minimum absolute atomic E-state index is 0.731. The number of nitrogens with two attached hydrogens (primary N) is 1. The summed E-state index contributed by atoms with van der Waals surface area (Å²) in [5.41, 5.74) is 3.70. The second kappa shape index (κ2) is 6.67. The maximum Gasteiger partial charge on any atom is 0.116 e. The van der Waals surface area contributed by atoms with Gasteiger partial charge in [0.2, 0.25) is 0 Å². The topological polar surface area (TPSA) is 50.4 Å². The lowest BCUT2D eigenvalue weighted by Gasteiger charge is -2.21. The summed E-state index contributed by atoms with van der Waals surface area (Å²) in [6.45, 7) is 0. The summed E-state index contributed by atoms with van der Waals surface area (Å²) >= 11 is 2.05. The first-order valence-corrected chi connectivity index (χ1v) is 7.21. The molecule has 0 unspecified atom stereocenters. The molecule has 0 aliphatic carbocycles. The molecule has 1 aliphatic rings. The van der Waals surface area contributed by atoms with Crippen molar-refractivity contribution in [2.24, 2.45) is 16.8 Å². The third-order valence-electron chi connectivity index (χ3n) is 3.01. The van der Waals surface area contributed by atoms with E-state index in [1.807, 2.05) is 42.1 Å². The van der Waals surface area contributed by atoms with Crippen molar-refractivity contribution < 1.29 is 0 Å². The molecule has 3 nitrogen and oxygen atoms in total. The minimum atomic E-state index is 0.731. The predicted molar refractivity (Wildman–Crippen MR) is 75.5 cm³/mol. The molecule has 0 saturated carbocycles. The Labute approximate surface area is 107 Å². The number of hydrazine groups is 1. The molecule has 0 amide bonds. The molecule has 1 heterocycles. The van der Waals surface area contributed by atoms with Gasteiger partial charge in [-0.15, -0.1) is 0 Å². The van der Waals surface area contributed by atoms with Crippen LogP contribution in [0.25, 0.3) is 0 Å². The summed E-state index contributed by atoms with van der Waals surface area (Å²) in [6, 6.07) is 9.96. The number of rotatable bonds is 3. The molecule has 0 aromatic heterocycles. The highest BCUT2D eigenvalue weighted by atomic mass is 32.2. The Hall–Kier alpha value is -1.00. The van der Waals surface area contributed by atoms with E-state index in [1.54, 1.807) is 0 Å². The fourth-order valence-corrected chi connectivity index (χ4v) is 3.22. The van der Waals surface area contributed by atoms with Crippen LogP contribution in [0.2, 0.25) is 0 Å². The first-order valence-electron chi connectivity index (χ1n) is 6.05. The molecule has 4 heteroatoms. The highest BCUT2D eigenvalue weighted by Crippen LogP contribution is 2.25. The third kappa shape index (κ3) is 4.06. The zero-order chi connectivity index (χ0) is 11.9. The van der Waals surface area contributed by atoms with Gasteiger partial charge >= 0.3 is 0 Å². The molecule has 0 bridgehead atoms. The van der Waals surface area contributed by atoms with Gasteiger partial charge in [0.25, 0.3) is 0 Å². The Kier molecular flexibility index (Phi) is 4.88. The van der Waals surface area contributed by atoms with Crippen LogP contribution in [0.5, 0.6) is 0 Å². The van der Waals surface area contributed by atoms with E-state index in [0.29, 0.717) is 0 Å². The zero-order valence-corrected chi connectivity index (χ0v) is 10.7. The molecule has 17 heavy (non-hydrogen) atoms. The zero-order valence-electron chi connectivity index (χ0n) is 9.93. The highest BCUT2D eigenvalue weighted by molar-refractivity contribution is 7.99. The molecule has 1 aromatic rings. The van der Waals surface area contributed by atoms with E-state index in [4.69, 9.17) is 5.84 Å². The second-order valence-corrected chi connectivity index (χ2v) is 5.52. The molecule has 92 valence electrons. The normalized spacial score (nSPS) is 18.1. The van der Waals surface area contributed by atoms with E-state index < -0.39 is 0 Å². The Balaban J connectivity index is 1.98. The van der Waals surface area contributed by atoms with Crippen LogP contribution in [0.4, 0.5) is 5.69 Å². The molecule has 1 aliphatic heterocycles. The van der Waals surface area contributed by atoms with Crippen LogP contribution in [-0.2, 0) is 0 Å². The molecule has 2 rings (SSSR count). The van der Waals surface area contributed by atoms with Crippen molar-refractivity contribution in [2.45, 2.75) is 19.3 Å². The number of hydrogen-bond donors (Lipinski definition) is 2. The minimum Gasteiger partial charge on any atom is -0.312 e. The fraction of sp³-hybridized carbons (Fsp3) is 0.462. The van der Waals surface area contributed by atoms with Gasteiger partial charge in [0.15, 0.2) is 0 Å². The predicted octanol–water partition coefficient (Wildman–Crippen LogP) is 2.71. The molecule has 1 saturated heterocycles. The number of nitrogens with one attached hydrogen (secondary N) is 1. The lowest BCUT2D eigenvalue weighted by molar-refractivity contribution is 0.504. The summed E-state index contributed by atoms with van der Waals surface area (Å²) in [5.74, 6) is 9.72. The largest absolute Gasteiger partial charge is 0.312 e. The molecule has 1 fully saturated rings. The Bertz CT molecular complexity index is 358. The van der Waals surface area contributed by atoms with E-state index in [2.05, 4.69) is 10.4 Å². The molecule has 0 spiro atoms. The highest BCUT2D eigenvalue weighted by Gasteiger charge is 2.15. The van der Waals surface area contributed by atoms with Crippen molar-refractivity contribution in [1.82, 2.24) is 5.43 Å². The van der Waals surface area contributed by atoms with E-state index in [1.165, 1.54) is 24.3 Å². The summed E-state index contributed by atoms with van der Waals surface area (Å²) in [7, 11) is 0. The van der Waals surface area contributed by atoms with Gasteiger partial charge in [-0.05, 0) is 42.4 Å². The number of thioether (sulfide) groups is 1. The number of para-hydroxylation sites is 1. The van der Waals surface area contributed by atoms with Crippen LogP contribution in [-0.4, -0.2) is 17.3 Å².